The molecule has 3 rings (SSSR count). The molecule has 0 aromatic carbocycles. The molecule has 1 unspecified atom stereocenters. The molecule has 2 aromatic rings. The monoisotopic (exact) mass is 328 g/mol. The van der Waals surface area contributed by atoms with Crippen molar-refractivity contribution in [2.75, 3.05) is 6.54 Å². The van der Waals surface area contributed by atoms with Crippen LogP contribution < -0.4 is 0 Å². The molecule has 1 amide bonds. The van der Waals surface area contributed by atoms with Gasteiger partial charge in [0.2, 0.25) is 0 Å². The van der Waals surface area contributed by atoms with E-state index < -0.39 is 0 Å². The Labute approximate surface area is 144 Å². The maximum atomic E-state index is 13.1. The highest BCUT2D eigenvalue weighted by Crippen LogP contribution is 2.25. The van der Waals surface area contributed by atoms with Gasteiger partial charge in [0, 0.05) is 50.0 Å². The van der Waals surface area contributed by atoms with Gasteiger partial charge in [-0.05, 0) is 52.5 Å². The summed E-state index contributed by atoms with van der Waals surface area (Å²) in [6.07, 6.45) is 8.28. The molecule has 0 aliphatic carbocycles. The van der Waals surface area contributed by atoms with Gasteiger partial charge in [-0.1, -0.05) is 0 Å². The van der Waals surface area contributed by atoms with Crippen molar-refractivity contribution < 1.29 is 4.79 Å². The summed E-state index contributed by atoms with van der Waals surface area (Å²) in [7, 11) is 2.02. The van der Waals surface area contributed by atoms with Gasteiger partial charge in [-0.15, -0.1) is 0 Å². The van der Waals surface area contributed by atoms with Crippen molar-refractivity contribution in [3.8, 4) is 0 Å². The van der Waals surface area contributed by atoms with Gasteiger partial charge in [0.1, 0.15) is 5.82 Å². The van der Waals surface area contributed by atoms with Crippen LogP contribution in [0.4, 0.5) is 0 Å². The van der Waals surface area contributed by atoms with Gasteiger partial charge in [-0.25, -0.2) is 4.98 Å². The van der Waals surface area contributed by atoms with Gasteiger partial charge in [-0.2, -0.15) is 0 Å². The highest BCUT2D eigenvalue weighted by molar-refractivity contribution is 5.96. The molecular weight excluding hydrogens is 300 g/mol. The van der Waals surface area contributed by atoms with E-state index in [1.165, 1.54) is 6.42 Å². The first-order valence-electron chi connectivity index (χ1n) is 8.90. The van der Waals surface area contributed by atoms with Crippen LogP contribution in [0.15, 0.2) is 18.5 Å². The van der Waals surface area contributed by atoms with E-state index in [9.17, 15) is 4.79 Å². The lowest BCUT2D eigenvalue weighted by atomic mass is 9.98. The van der Waals surface area contributed by atoms with Gasteiger partial charge >= 0.3 is 0 Å². The first-order chi connectivity index (χ1) is 11.5. The number of imidazole rings is 1. The van der Waals surface area contributed by atoms with Gasteiger partial charge in [0.25, 0.3) is 5.91 Å². The summed E-state index contributed by atoms with van der Waals surface area (Å²) in [6, 6.07) is 2.36. The first kappa shape index (κ1) is 16.8. The summed E-state index contributed by atoms with van der Waals surface area (Å²) >= 11 is 0. The van der Waals surface area contributed by atoms with E-state index in [0.717, 1.165) is 55.1 Å². The molecule has 1 aliphatic rings. The van der Waals surface area contributed by atoms with E-state index in [-0.39, 0.29) is 5.91 Å². The molecule has 1 aliphatic heterocycles. The number of piperidine rings is 1. The summed E-state index contributed by atoms with van der Waals surface area (Å²) in [5.74, 6) is 1.24. The van der Waals surface area contributed by atoms with Gasteiger partial charge < -0.3 is 14.0 Å². The van der Waals surface area contributed by atoms with E-state index >= 15 is 0 Å². The number of hydrogen-bond donors (Lipinski definition) is 0. The Kier molecular flexibility index (Phi) is 4.78. The Bertz CT molecular complexity index is 728. The summed E-state index contributed by atoms with van der Waals surface area (Å²) in [6.45, 7) is 7.92. The van der Waals surface area contributed by atoms with Crippen LogP contribution in [0, 0.1) is 20.8 Å². The van der Waals surface area contributed by atoms with Crippen LogP contribution in [0.5, 0.6) is 0 Å². The molecule has 2 aromatic heterocycles. The van der Waals surface area contributed by atoms with E-state index in [2.05, 4.69) is 25.9 Å². The van der Waals surface area contributed by atoms with Gasteiger partial charge in [0.05, 0.1) is 5.56 Å². The molecule has 0 spiro atoms. The van der Waals surface area contributed by atoms with E-state index in [1.54, 1.807) is 0 Å². The van der Waals surface area contributed by atoms with Crippen LogP contribution in [0.1, 0.15) is 53.3 Å². The van der Waals surface area contributed by atoms with Gasteiger partial charge in [-0.3, -0.25) is 4.79 Å². The van der Waals surface area contributed by atoms with Crippen molar-refractivity contribution >= 4 is 5.91 Å². The lowest BCUT2D eigenvalue weighted by molar-refractivity contribution is 0.0594. The Hall–Kier alpha value is -2.04. The van der Waals surface area contributed by atoms with Gasteiger partial charge in [0.15, 0.2) is 0 Å². The average Bonchev–Trinajstić information content (AvgIpc) is 3.11. The van der Waals surface area contributed by atoms with E-state index in [1.807, 2.05) is 39.4 Å². The number of rotatable bonds is 4. The largest absolute Gasteiger partial charge is 0.351 e. The number of likely N-dealkylation sites (tertiary alicyclic amines) is 1. The highest BCUT2D eigenvalue weighted by Gasteiger charge is 2.29. The van der Waals surface area contributed by atoms with Crippen molar-refractivity contribution in [2.24, 2.45) is 7.05 Å². The maximum Gasteiger partial charge on any atom is 0.255 e. The van der Waals surface area contributed by atoms with Crippen molar-refractivity contribution in [3.63, 3.8) is 0 Å². The number of carbonyl (C=O) groups is 1. The molecule has 0 N–H and O–H groups in total. The summed E-state index contributed by atoms with van der Waals surface area (Å²) < 4.78 is 4.27. The minimum absolute atomic E-state index is 0.197. The summed E-state index contributed by atoms with van der Waals surface area (Å²) in [5, 5.41) is 0. The standard InChI is InChI=1S/C19H28N4O/c1-14-13-18(15(2)21(14)4)19(24)23-10-6-5-7-17(23)8-11-22-12-9-20-16(22)3/h9,12-13,17H,5-8,10-11H2,1-4H3. The predicted octanol–water partition coefficient (Wildman–Crippen LogP) is 3.23. The normalized spacial score (nSPS) is 18.2. The molecular formula is C19H28N4O. The fourth-order valence-electron chi connectivity index (χ4n) is 3.72. The highest BCUT2D eigenvalue weighted by atomic mass is 16.2. The molecule has 130 valence electrons. The zero-order valence-electron chi connectivity index (χ0n) is 15.2. The maximum absolute atomic E-state index is 13.1. The second kappa shape index (κ2) is 6.83. The molecule has 1 saturated heterocycles. The van der Waals surface area contributed by atoms with Crippen molar-refractivity contribution in [1.82, 2.24) is 19.0 Å². The Morgan fingerprint density at radius 3 is 2.71 bits per heavy atom. The minimum atomic E-state index is 0.197. The topological polar surface area (TPSA) is 43.1 Å². The Morgan fingerprint density at radius 2 is 2.08 bits per heavy atom. The fourth-order valence-corrected chi connectivity index (χ4v) is 3.72. The lowest BCUT2D eigenvalue weighted by Crippen LogP contribution is -2.44. The molecule has 1 fully saturated rings. The molecule has 24 heavy (non-hydrogen) atoms. The summed E-state index contributed by atoms with van der Waals surface area (Å²) in [5.41, 5.74) is 3.06. The number of hydrogen-bond acceptors (Lipinski definition) is 2. The van der Waals surface area contributed by atoms with Crippen LogP contribution in [-0.4, -0.2) is 37.5 Å². The molecule has 3 heterocycles. The average molecular weight is 328 g/mol. The van der Waals surface area contributed by atoms with Crippen molar-refractivity contribution in [1.29, 1.82) is 0 Å². The minimum Gasteiger partial charge on any atom is -0.351 e. The zero-order valence-corrected chi connectivity index (χ0v) is 15.2. The van der Waals surface area contributed by atoms with Crippen LogP contribution in [0.25, 0.3) is 0 Å². The predicted molar refractivity (Wildman–Crippen MR) is 95.1 cm³/mol. The van der Waals surface area contributed by atoms with Crippen LogP contribution in [-0.2, 0) is 13.6 Å². The van der Waals surface area contributed by atoms with E-state index in [0.29, 0.717) is 6.04 Å². The van der Waals surface area contributed by atoms with Crippen molar-refractivity contribution in [2.45, 2.75) is 59.0 Å². The fraction of sp³-hybridized carbons (Fsp3) is 0.579. The summed E-state index contributed by atoms with van der Waals surface area (Å²) in [4.78, 5) is 19.5. The van der Waals surface area contributed by atoms with E-state index in [4.69, 9.17) is 0 Å². The number of aromatic nitrogens is 3. The quantitative estimate of drug-likeness (QED) is 0.865. The molecule has 0 saturated carbocycles. The second-order valence-corrected chi connectivity index (χ2v) is 6.95. The third kappa shape index (κ3) is 3.12. The number of aryl methyl sites for hydroxylation is 3. The van der Waals surface area contributed by atoms with Crippen LogP contribution in [0.3, 0.4) is 0 Å². The SMILES string of the molecule is Cc1nccn1CCC1CCCCN1C(=O)c1cc(C)n(C)c1C. The third-order valence-corrected chi connectivity index (χ3v) is 5.52. The molecule has 1 atom stereocenters. The Balaban J connectivity index is 1.75. The number of carbonyl (C=O) groups excluding carboxylic acids is 1. The first-order valence-corrected chi connectivity index (χ1v) is 8.90. The van der Waals surface area contributed by atoms with Crippen LogP contribution >= 0.6 is 0 Å². The molecule has 5 nitrogen and oxygen atoms in total. The number of nitrogens with zero attached hydrogens (tertiary/aromatic N) is 4. The van der Waals surface area contributed by atoms with Crippen molar-refractivity contribution in [3.05, 3.63) is 41.2 Å². The third-order valence-electron chi connectivity index (χ3n) is 5.52. The zero-order chi connectivity index (χ0) is 17.3. The van der Waals surface area contributed by atoms with Crippen LogP contribution in [0.2, 0.25) is 0 Å². The smallest absolute Gasteiger partial charge is 0.255 e. The second-order valence-electron chi connectivity index (χ2n) is 6.95. The lowest BCUT2D eigenvalue weighted by Gasteiger charge is -2.36. The number of amides is 1. The Morgan fingerprint density at radius 1 is 1.29 bits per heavy atom. The molecule has 0 bridgehead atoms. The molecule has 0 radical (unpaired) electrons. The molecule has 5 heteroatoms.